The van der Waals surface area contributed by atoms with Gasteiger partial charge in [0.2, 0.25) is 0 Å². The fourth-order valence-electron chi connectivity index (χ4n) is 2.12. The number of nitrogens with zero attached hydrogens (tertiary/aromatic N) is 3. The van der Waals surface area contributed by atoms with Crippen LogP contribution in [0.4, 0.5) is 5.69 Å². The highest BCUT2D eigenvalue weighted by atomic mass is 32.1. The molecule has 0 saturated heterocycles. The summed E-state index contributed by atoms with van der Waals surface area (Å²) in [6.45, 7) is 2.00. The molecular formula is C13H18N4S. The standard InChI is InChI=1S/C13H18N4S/c1-9-8-12(17(15-9)13(14)18)10-4-6-11(7-5-10)16(2)3/h4-7,12H,8H2,1-3H3,(H2,14,18)/t12-/m1/s1. The summed E-state index contributed by atoms with van der Waals surface area (Å²) in [5.74, 6) is 0. The quantitative estimate of drug-likeness (QED) is 0.829. The Morgan fingerprint density at radius 3 is 2.50 bits per heavy atom. The van der Waals surface area contributed by atoms with Gasteiger partial charge in [-0.05, 0) is 36.8 Å². The lowest BCUT2D eigenvalue weighted by Gasteiger charge is -2.22. The first-order valence-electron chi connectivity index (χ1n) is 5.89. The van der Waals surface area contributed by atoms with Crippen molar-refractivity contribution in [2.24, 2.45) is 10.8 Å². The average Bonchev–Trinajstić information content (AvgIpc) is 2.71. The number of hydrogen-bond acceptors (Lipinski definition) is 3. The van der Waals surface area contributed by atoms with Crippen LogP contribution in [-0.2, 0) is 0 Å². The second-order valence-corrected chi connectivity index (χ2v) is 5.14. The first kappa shape index (κ1) is 12.8. The van der Waals surface area contributed by atoms with Crippen LogP contribution < -0.4 is 10.6 Å². The Balaban J connectivity index is 2.24. The lowest BCUT2D eigenvalue weighted by Crippen LogP contribution is -2.31. The molecule has 0 spiro atoms. The fourth-order valence-corrected chi connectivity index (χ4v) is 2.29. The van der Waals surface area contributed by atoms with Gasteiger partial charge < -0.3 is 10.6 Å². The maximum absolute atomic E-state index is 5.71. The normalized spacial score (nSPS) is 18.7. The molecule has 0 unspecified atom stereocenters. The van der Waals surface area contributed by atoms with Crippen LogP contribution in [0.5, 0.6) is 0 Å². The molecule has 1 aromatic carbocycles. The Kier molecular flexibility index (Phi) is 3.52. The highest BCUT2D eigenvalue weighted by molar-refractivity contribution is 7.80. The Hall–Kier alpha value is -1.62. The third-order valence-corrected chi connectivity index (χ3v) is 3.27. The number of rotatable bonds is 2. The molecule has 4 nitrogen and oxygen atoms in total. The lowest BCUT2D eigenvalue weighted by molar-refractivity contribution is 0.373. The summed E-state index contributed by atoms with van der Waals surface area (Å²) in [7, 11) is 4.05. The van der Waals surface area contributed by atoms with Crippen LogP contribution in [0.2, 0.25) is 0 Å². The number of hydrogen-bond donors (Lipinski definition) is 1. The van der Waals surface area contributed by atoms with Crippen molar-refractivity contribution in [2.45, 2.75) is 19.4 Å². The van der Waals surface area contributed by atoms with Crippen molar-refractivity contribution in [3.8, 4) is 0 Å². The topological polar surface area (TPSA) is 44.9 Å². The average molecular weight is 262 g/mol. The Labute approximate surface area is 113 Å². The monoisotopic (exact) mass is 262 g/mol. The SMILES string of the molecule is CC1=NN(C(N)=S)[C@@H](c2ccc(N(C)C)cc2)C1. The van der Waals surface area contributed by atoms with E-state index in [4.69, 9.17) is 18.0 Å². The predicted molar refractivity (Wildman–Crippen MR) is 79.9 cm³/mol. The highest BCUT2D eigenvalue weighted by Gasteiger charge is 2.27. The van der Waals surface area contributed by atoms with Crippen molar-refractivity contribution >= 4 is 28.7 Å². The summed E-state index contributed by atoms with van der Waals surface area (Å²) in [6, 6.07) is 8.55. The van der Waals surface area contributed by atoms with Gasteiger partial charge in [-0.15, -0.1) is 0 Å². The Bertz CT molecular complexity index is 478. The van der Waals surface area contributed by atoms with E-state index in [1.54, 1.807) is 5.01 Å². The lowest BCUT2D eigenvalue weighted by atomic mass is 10.0. The van der Waals surface area contributed by atoms with Crippen molar-refractivity contribution in [1.29, 1.82) is 0 Å². The third kappa shape index (κ3) is 2.46. The Morgan fingerprint density at radius 2 is 2.00 bits per heavy atom. The summed E-state index contributed by atoms with van der Waals surface area (Å²) in [6.07, 6.45) is 0.874. The third-order valence-electron chi connectivity index (χ3n) is 3.08. The number of hydrazone groups is 1. The summed E-state index contributed by atoms with van der Waals surface area (Å²) < 4.78 is 0. The molecule has 0 saturated carbocycles. The maximum Gasteiger partial charge on any atom is 0.187 e. The van der Waals surface area contributed by atoms with Crippen LogP contribution in [0.25, 0.3) is 0 Å². The number of thiocarbonyl (C=S) groups is 1. The van der Waals surface area contributed by atoms with Crippen molar-refractivity contribution < 1.29 is 0 Å². The van der Waals surface area contributed by atoms with Crippen molar-refractivity contribution in [1.82, 2.24) is 5.01 Å². The molecule has 1 aliphatic rings. The minimum atomic E-state index is 0.138. The molecule has 1 heterocycles. The van der Waals surface area contributed by atoms with Crippen LogP contribution in [-0.4, -0.2) is 29.9 Å². The molecular weight excluding hydrogens is 244 g/mol. The first-order chi connectivity index (χ1) is 8.49. The van der Waals surface area contributed by atoms with E-state index in [-0.39, 0.29) is 6.04 Å². The molecule has 0 fully saturated rings. The molecule has 2 N–H and O–H groups in total. The molecule has 0 radical (unpaired) electrons. The molecule has 0 aromatic heterocycles. The van der Waals surface area contributed by atoms with Crippen LogP contribution in [0, 0.1) is 0 Å². The molecule has 0 amide bonds. The molecule has 96 valence electrons. The summed E-state index contributed by atoms with van der Waals surface area (Å²) in [5.41, 5.74) is 9.13. The van der Waals surface area contributed by atoms with Crippen molar-refractivity contribution in [3.05, 3.63) is 29.8 Å². The zero-order valence-electron chi connectivity index (χ0n) is 10.9. The second-order valence-electron chi connectivity index (χ2n) is 4.72. The fraction of sp³-hybridized carbons (Fsp3) is 0.385. The summed E-state index contributed by atoms with van der Waals surface area (Å²) >= 11 is 5.04. The van der Waals surface area contributed by atoms with E-state index in [0.29, 0.717) is 5.11 Å². The Morgan fingerprint density at radius 1 is 1.39 bits per heavy atom. The van der Waals surface area contributed by atoms with Crippen molar-refractivity contribution in [3.63, 3.8) is 0 Å². The van der Waals surface area contributed by atoms with Gasteiger partial charge in [-0.1, -0.05) is 12.1 Å². The molecule has 1 aromatic rings. The van der Waals surface area contributed by atoms with Gasteiger partial charge in [0.15, 0.2) is 5.11 Å². The van der Waals surface area contributed by atoms with Crippen LogP contribution in [0.3, 0.4) is 0 Å². The zero-order chi connectivity index (χ0) is 13.3. The van der Waals surface area contributed by atoms with Gasteiger partial charge in [-0.2, -0.15) is 5.10 Å². The van der Waals surface area contributed by atoms with E-state index in [2.05, 4.69) is 34.3 Å². The zero-order valence-corrected chi connectivity index (χ0v) is 11.7. The van der Waals surface area contributed by atoms with E-state index < -0.39 is 0 Å². The summed E-state index contributed by atoms with van der Waals surface area (Å²) in [5, 5.41) is 6.44. The number of benzene rings is 1. The predicted octanol–water partition coefficient (Wildman–Crippen LogP) is 2.12. The summed E-state index contributed by atoms with van der Waals surface area (Å²) in [4.78, 5) is 2.07. The van der Waals surface area contributed by atoms with Gasteiger partial charge in [0.05, 0.1) is 6.04 Å². The smallest absolute Gasteiger partial charge is 0.187 e. The number of nitrogens with two attached hydrogens (primary N) is 1. The van der Waals surface area contributed by atoms with Crippen molar-refractivity contribution in [2.75, 3.05) is 19.0 Å². The highest BCUT2D eigenvalue weighted by Crippen LogP contribution is 2.31. The molecule has 18 heavy (non-hydrogen) atoms. The second kappa shape index (κ2) is 4.94. The number of anilines is 1. The van der Waals surface area contributed by atoms with Gasteiger partial charge in [-0.25, -0.2) is 5.01 Å². The van der Waals surface area contributed by atoms with E-state index in [1.807, 2.05) is 21.0 Å². The van der Waals surface area contributed by atoms with Gasteiger partial charge in [0.25, 0.3) is 0 Å². The molecule has 2 rings (SSSR count). The largest absolute Gasteiger partial charge is 0.378 e. The molecule has 1 atom stereocenters. The van der Waals surface area contributed by atoms with Crippen LogP contribution in [0.1, 0.15) is 24.9 Å². The molecule has 5 heteroatoms. The van der Waals surface area contributed by atoms with Gasteiger partial charge in [-0.3, -0.25) is 0 Å². The molecule has 0 aliphatic carbocycles. The minimum Gasteiger partial charge on any atom is -0.378 e. The van der Waals surface area contributed by atoms with E-state index in [0.717, 1.165) is 12.1 Å². The molecule has 0 bridgehead atoms. The van der Waals surface area contributed by atoms with E-state index in [1.165, 1.54) is 11.3 Å². The molecule has 1 aliphatic heterocycles. The van der Waals surface area contributed by atoms with E-state index >= 15 is 0 Å². The van der Waals surface area contributed by atoms with Crippen LogP contribution in [0.15, 0.2) is 29.4 Å². The maximum atomic E-state index is 5.71. The van der Waals surface area contributed by atoms with Gasteiger partial charge >= 0.3 is 0 Å². The first-order valence-corrected chi connectivity index (χ1v) is 6.30. The minimum absolute atomic E-state index is 0.138. The van der Waals surface area contributed by atoms with Gasteiger partial charge in [0.1, 0.15) is 0 Å². The van der Waals surface area contributed by atoms with Gasteiger partial charge in [0, 0.05) is 31.9 Å². The van der Waals surface area contributed by atoms with Crippen LogP contribution >= 0.6 is 12.2 Å². The van der Waals surface area contributed by atoms with E-state index in [9.17, 15) is 0 Å².